The Labute approximate surface area is 159 Å². The highest BCUT2D eigenvalue weighted by Crippen LogP contribution is 2.15. The summed E-state index contributed by atoms with van der Waals surface area (Å²) in [5, 5.41) is 4.38. The molecule has 0 bridgehead atoms. The molecule has 0 unspecified atom stereocenters. The number of hydrogen-bond acceptors (Lipinski definition) is 3. The lowest BCUT2D eigenvalue weighted by molar-refractivity contribution is -0.173. The summed E-state index contributed by atoms with van der Waals surface area (Å²) in [6.07, 6.45) is -4.85. The Morgan fingerprint density at radius 1 is 0.893 bits per heavy atom. The van der Waals surface area contributed by atoms with E-state index in [1.54, 1.807) is 17.4 Å². The van der Waals surface area contributed by atoms with Crippen LogP contribution in [0.1, 0.15) is 34.3 Å². The van der Waals surface area contributed by atoms with Gasteiger partial charge in [-0.15, -0.1) is 0 Å². The predicted molar refractivity (Wildman–Crippen MR) is 97.7 cm³/mol. The normalized spacial score (nSPS) is 11.0. The van der Waals surface area contributed by atoms with Crippen molar-refractivity contribution in [3.05, 3.63) is 65.2 Å². The quantitative estimate of drug-likeness (QED) is 0.705. The second-order valence-electron chi connectivity index (χ2n) is 6.21. The van der Waals surface area contributed by atoms with E-state index in [9.17, 15) is 27.6 Å². The monoisotopic (exact) mass is 392 g/mol. The van der Waals surface area contributed by atoms with Gasteiger partial charge in [-0.1, -0.05) is 42.0 Å². The van der Waals surface area contributed by atoms with Gasteiger partial charge in [-0.25, -0.2) is 0 Å². The van der Waals surface area contributed by atoms with E-state index in [1.165, 1.54) is 24.3 Å². The molecule has 2 aromatic rings. The van der Waals surface area contributed by atoms with Crippen LogP contribution in [0.2, 0.25) is 0 Å². The van der Waals surface area contributed by atoms with Crippen LogP contribution in [-0.2, 0) is 16.1 Å². The van der Waals surface area contributed by atoms with Crippen LogP contribution in [0.15, 0.2) is 48.5 Å². The Morgan fingerprint density at radius 2 is 1.50 bits per heavy atom. The largest absolute Gasteiger partial charge is 0.471 e. The third-order valence-electron chi connectivity index (χ3n) is 3.90. The summed E-state index contributed by atoms with van der Waals surface area (Å²) in [4.78, 5) is 34.8. The van der Waals surface area contributed by atoms with Crippen molar-refractivity contribution < 1.29 is 27.6 Å². The second-order valence-corrected chi connectivity index (χ2v) is 6.21. The number of benzene rings is 2. The van der Waals surface area contributed by atoms with Gasteiger partial charge < -0.3 is 10.6 Å². The van der Waals surface area contributed by atoms with Crippen LogP contribution in [0.5, 0.6) is 0 Å². The first-order valence-corrected chi connectivity index (χ1v) is 8.49. The van der Waals surface area contributed by atoms with Crippen molar-refractivity contribution in [2.75, 3.05) is 5.32 Å². The molecule has 2 amide bonds. The molecule has 0 aliphatic heterocycles. The van der Waals surface area contributed by atoms with Crippen LogP contribution in [0.25, 0.3) is 0 Å². The van der Waals surface area contributed by atoms with Crippen molar-refractivity contribution >= 4 is 23.3 Å². The molecule has 5 nitrogen and oxygen atoms in total. The van der Waals surface area contributed by atoms with Crippen LogP contribution in [0.4, 0.5) is 18.9 Å². The molecule has 2 N–H and O–H groups in total. The first-order chi connectivity index (χ1) is 13.1. The molecule has 0 saturated heterocycles. The molecule has 0 spiro atoms. The van der Waals surface area contributed by atoms with Gasteiger partial charge in [-0.2, -0.15) is 13.2 Å². The van der Waals surface area contributed by atoms with Gasteiger partial charge in [0.05, 0.1) is 0 Å². The van der Waals surface area contributed by atoms with Crippen LogP contribution < -0.4 is 10.6 Å². The smallest absolute Gasteiger partial charge is 0.344 e. The summed E-state index contributed by atoms with van der Waals surface area (Å²) in [5.74, 6) is -2.49. The third-order valence-corrected chi connectivity index (χ3v) is 3.90. The zero-order valence-corrected chi connectivity index (χ0v) is 15.1. The number of nitrogens with one attached hydrogen (secondary N) is 2. The lowest BCUT2D eigenvalue weighted by atomic mass is 10.0. The van der Waals surface area contributed by atoms with Gasteiger partial charge >= 0.3 is 12.1 Å². The molecule has 0 aliphatic rings. The second kappa shape index (κ2) is 9.16. The van der Waals surface area contributed by atoms with Gasteiger partial charge in [0.25, 0.3) is 0 Å². The number of halogens is 3. The number of carbonyl (C=O) groups is 3. The maximum absolute atomic E-state index is 12.1. The molecule has 0 heterocycles. The molecule has 148 valence electrons. The lowest BCUT2D eigenvalue weighted by Gasteiger charge is -2.09. The number of aryl methyl sites for hydroxylation is 1. The van der Waals surface area contributed by atoms with E-state index in [0.717, 1.165) is 5.56 Å². The standard InChI is InChI=1S/C20H19F3N2O3/c1-13-2-6-15(7-3-13)17(26)10-11-18(27)25-16-8-4-14(5-9-16)12-24-19(28)20(21,22)23/h2-9H,10-12H2,1H3,(H,24,28)(H,25,27). The Kier molecular flexibility index (Phi) is 6.92. The number of alkyl halides is 3. The predicted octanol–water partition coefficient (Wildman–Crippen LogP) is 3.78. The SMILES string of the molecule is Cc1ccc(C(=O)CCC(=O)Nc2ccc(CNC(=O)C(F)(F)F)cc2)cc1. The van der Waals surface area contributed by atoms with Crippen molar-refractivity contribution in [1.82, 2.24) is 5.32 Å². The minimum atomic E-state index is -4.93. The van der Waals surface area contributed by atoms with Crippen molar-refractivity contribution in [2.24, 2.45) is 0 Å². The van der Waals surface area contributed by atoms with Gasteiger partial charge in [0.2, 0.25) is 5.91 Å². The lowest BCUT2D eigenvalue weighted by Crippen LogP contribution is -2.36. The van der Waals surface area contributed by atoms with E-state index in [1.807, 2.05) is 19.1 Å². The van der Waals surface area contributed by atoms with Crippen LogP contribution in [0, 0.1) is 6.92 Å². The molecular formula is C20H19F3N2O3. The van der Waals surface area contributed by atoms with Crippen molar-refractivity contribution in [2.45, 2.75) is 32.5 Å². The highest BCUT2D eigenvalue weighted by atomic mass is 19.4. The number of Topliss-reactive ketones (excluding diaryl/α,β-unsaturated/α-hetero) is 1. The third kappa shape index (κ3) is 6.53. The van der Waals surface area contributed by atoms with Crippen LogP contribution in [-0.4, -0.2) is 23.8 Å². The van der Waals surface area contributed by atoms with E-state index >= 15 is 0 Å². The summed E-state index contributed by atoms with van der Waals surface area (Å²) in [5.41, 5.74) is 2.48. The Bertz CT molecular complexity index is 844. The Hall–Kier alpha value is -3.16. The molecule has 28 heavy (non-hydrogen) atoms. The molecule has 0 atom stereocenters. The van der Waals surface area contributed by atoms with Crippen molar-refractivity contribution in [3.8, 4) is 0 Å². The van der Waals surface area contributed by atoms with E-state index < -0.39 is 12.1 Å². The summed E-state index contributed by atoms with van der Waals surface area (Å²) < 4.78 is 36.4. The van der Waals surface area contributed by atoms with Gasteiger partial charge in [0.15, 0.2) is 5.78 Å². The minimum Gasteiger partial charge on any atom is -0.344 e. The summed E-state index contributed by atoms with van der Waals surface area (Å²) in [6.45, 7) is 1.63. The van der Waals surface area contributed by atoms with Crippen molar-refractivity contribution in [3.63, 3.8) is 0 Å². The van der Waals surface area contributed by atoms with E-state index in [0.29, 0.717) is 16.8 Å². The summed E-state index contributed by atoms with van der Waals surface area (Å²) in [7, 11) is 0. The molecule has 2 rings (SSSR count). The number of hydrogen-bond donors (Lipinski definition) is 2. The topological polar surface area (TPSA) is 75.3 Å². The molecule has 2 aromatic carbocycles. The average Bonchev–Trinajstić information content (AvgIpc) is 2.65. The van der Waals surface area contributed by atoms with E-state index in [2.05, 4.69) is 5.32 Å². The number of anilines is 1. The van der Waals surface area contributed by atoms with Gasteiger partial charge in [-0.3, -0.25) is 14.4 Å². The fourth-order valence-electron chi connectivity index (χ4n) is 2.32. The van der Waals surface area contributed by atoms with Gasteiger partial charge in [-0.05, 0) is 24.6 Å². The molecule has 0 radical (unpaired) electrons. The highest BCUT2D eigenvalue weighted by Gasteiger charge is 2.38. The summed E-state index contributed by atoms with van der Waals surface area (Å²) in [6, 6.07) is 13.1. The zero-order valence-electron chi connectivity index (χ0n) is 15.1. The highest BCUT2D eigenvalue weighted by molar-refractivity contribution is 6.00. The maximum atomic E-state index is 12.1. The van der Waals surface area contributed by atoms with Gasteiger partial charge in [0, 0.05) is 30.6 Å². The zero-order chi connectivity index (χ0) is 20.7. The van der Waals surface area contributed by atoms with E-state index in [4.69, 9.17) is 0 Å². The average molecular weight is 392 g/mol. The maximum Gasteiger partial charge on any atom is 0.471 e. The summed E-state index contributed by atoms with van der Waals surface area (Å²) >= 11 is 0. The molecule has 0 fully saturated rings. The molecule has 8 heteroatoms. The van der Waals surface area contributed by atoms with Crippen LogP contribution in [0.3, 0.4) is 0 Å². The molecule has 0 aromatic heterocycles. The van der Waals surface area contributed by atoms with Gasteiger partial charge in [0.1, 0.15) is 0 Å². The fourth-order valence-corrected chi connectivity index (χ4v) is 2.32. The number of ketones is 1. The molecule has 0 aliphatic carbocycles. The number of amides is 2. The number of rotatable bonds is 7. The van der Waals surface area contributed by atoms with E-state index in [-0.39, 0.29) is 31.1 Å². The fraction of sp³-hybridized carbons (Fsp3) is 0.250. The Morgan fingerprint density at radius 3 is 2.07 bits per heavy atom. The minimum absolute atomic E-state index is 0.0100. The first kappa shape index (κ1) is 21.1. The number of carbonyl (C=O) groups excluding carboxylic acids is 3. The Balaban J connectivity index is 1.80. The molecular weight excluding hydrogens is 373 g/mol. The first-order valence-electron chi connectivity index (χ1n) is 8.49. The molecule has 0 saturated carbocycles. The van der Waals surface area contributed by atoms with Crippen molar-refractivity contribution in [1.29, 1.82) is 0 Å². The van der Waals surface area contributed by atoms with Crippen LogP contribution >= 0.6 is 0 Å².